The van der Waals surface area contributed by atoms with E-state index in [1.54, 1.807) is 34.0 Å². The van der Waals surface area contributed by atoms with Gasteiger partial charge in [-0.25, -0.2) is 0 Å². The molecule has 0 spiro atoms. The van der Waals surface area contributed by atoms with Gasteiger partial charge in [0.25, 0.3) is 0 Å². The summed E-state index contributed by atoms with van der Waals surface area (Å²) in [4.78, 5) is 1.08. The van der Waals surface area contributed by atoms with Gasteiger partial charge in [0.05, 0.1) is 6.10 Å². The molecule has 3 rings (SSSR count). The third-order valence-electron chi connectivity index (χ3n) is 2.50. The van der Waals surface area contributed by atoms with Crippen molar-refractivity contribution in [3.05, 3.63) is 44.8 Å². The molecule has 0 aliphatic carbocycles. The van der Waals surface area contributed by atoms with Crippen LogP contribution in [-0.2, 0) is 6.42 Å². The second-order valence-corrected chi connectivity index (χ2v) is 6.49. The Morgan fingerprint density at radius 2 is 2.12 bits per heavy atom. The zero-order chi connectivity index (χ0) is 11.0. The van der Waals surface area contributed by atoms with Gasteiger partial charge in [0.2, 0.25) is 0 Å². The van der Waals surface area contributed by atoms with Crippen molar-refractivity contribution in [3.63, 3.8) is 0 Å². The highest BCUT2D eigenvalue weighted by Crippen LogP contribution is 2.34. The zero-order valence-electron chi connectivity index (χ0n) is 8.42. The van der Waals surface area contributed by atoms with Crippen LogP contribution in [0, 0.1) is 0 Å². The van der Waals surface area contributed by atoms with Gasteiger partial charge < -0.3 is 5.11 Å². The van der Waals surface area contributed by atoms with Gasteiger partial charge in [-0.2, -0.15) is 11.3 Å². The molecular weight excluding hydrogens is 256 g/mol. The molecule has 82 valence electrons. The van der Waals surface area contributed by atoms with Gasteiger partial charge in [0.15, 0.2) is 0 Å². The minimum absolute atomic E-state index is 0.362. The number of hydrogen-bond acceptors (Lipinski definition) is 4. The Balaban J connectivity index is 1.84. The van der Waals surface area contributed by atoms with E-state index in [4.69, 9.17) is 0 Å². The number of aliphatic hydroxyl groups excluding tert-OH is 1. The molecule has 0 aliphatic heterocycles. The Morgan fingerprint density at radius 3 is 2.88 bits per heavy atom. The highest BCUT2D eigenvalue weighted by Gasteiger charge is 2.12. The van der Waals surface area contributed by atoms with Crippen molar-refractivity contribution in [2.24, 2.45) is 0 Å². The first-order valence-electron chi connectivity index (χ1n) is 4.99. The monoisotopic (exact) mass is 266 g/mol. The van der Waals surface area contributed by atoms with Crippen molar-refractivity contribution in [2.75, 3.05) is 0 Å². The summed E-state index contributed by atoms with van der Waals surface area (Å²) in [5.41, 5.74) is 1.22. The van der Waals surface area contributed by atoms with Crippen LogP contribution in [0.25, 0.3) is 9.40 Å². The van der Waals surface area contributed by atoms with Gasteiger partial charge in [0.1, 0.15) is 0 Å². The standard InChI is InChI=1S/C12H10OS3/c13-9(5-8-1-3-14-7-8)11-6-12-10(16-11)2-4-15-12/h1-4,6-7,9,13H,5H2. The maximum Gasteiger partial charge on any atom is 0.0923 e. The highest BCUT2D eigenvalue weighted by molar-refractivity contribution is 7.26. The van der Waals surface area contributed by atoms with Crippen LogP contribution >= 0.6 is 34.0 Å². The maximum absolute atomic E-state index is 10.1. The van der Waals surface area contributed by atoms with Gasteiger partial charge >= 0.3 is 0 Å². The van der Waals surface area contributed by atoms with E-state index in [1.165, 1.54) is 15.0 Å². The Bertz CT molecular complexity index is 548. The topological polar surface area (TPSA) is 20.2 Å². The van der Waals surface area contributed by atoms with Crippen LogP contribution in [0.4, 0.5) is 0 Å². The average molecular weight is 266 g/mol. The Labute approximate surface area is 106 Å². The SMILES string of the molecule is OC(Cc1ccsc1)c1cc2sccc2s1. The fourth-order valence-corrected chi connectivity index (χ4v) is 4.47. The molecule has 1 nitrogen and oxygen atoms in total. The van der Waals surface area contributed by atoms with E-state index >= 15 is 0 Å². The minimum Gasteiger partial charge on any atom is -0.387 e. The Hall–Kier alpha value is -0.680. The summed E-state index contributed by atoms with van der Waals surface area (Å²) in [5, 5.41) is 16.4. The zero-order valence-corrected chi connectivity index (χ0v) is 10.9. The van der Waals surface area contributed by atoms with Gasteiger partial charge in [-0.15, -0.1) is 22.7 Å². The average Bonchev–Trinajstić information content (AvgIpc) is 2.91. The van der Waals surface area contributed by atoms with E-state index in [0.29, 0.717) is 0 Å². The molecule has 0 bridgehead atoms. The van der Waals surface area contributed by atoms with Gasteiger partial charge in [-0.1, -0.05) is 0 Å². The fourth-order valence-electron chi connectivity index (χ4n) is 1.68. The Kier molecular flexibility index (Phi) is 2.81. The number of fused-ring (bicyclic) bond motifs is 1. The molecule has 3 aromatic heterocycles. The number of thiophene rings is 3. The molecule has 3 heterocycles. The van der Waals surface area contributed by atoms with Crippen LogP contribution < -0.4 is 0 Å². The van der Waals surface area contributed by atoms with Gasteiger partial charge in [-0.3, -0.25) is 0 Å². The molecule has 0 aromatic carbocycles. The third kappa shape index (κ3) is 1.94. The predicted octanol–water partition coefficient (Wildman–Crippen LogP) is 4.30. The van der Waals surface area contributed by atoms with Crippen molar-refractivity contribution >= 4 is 43.4 Å². The van der Waals surface area contributed by atoms with Crippen molar-refractivity contribution in [3.8, 4) is 0 Å². The normalized spacial score (nSPS) is 13.3. The van der Waals surface area contributed by atoms with Crippen LogP contribution in [0.15, 0.2) is 34.3 Å². The summed E-state index contributed by atoms with van der Waals surface area (Å²) in [7, 11) is 0. The lowest BCUT2D eigenvalue weighted by molar-refractivity contribution is 0.182. The Morgan fingerprint density at radius 1 is 1.19 bits per heavy atom. The lowest BCUT2D eigenvalue weighted by atomic mass is 10.1. The van der Waals surface area contributed by atoms with Crippen molar-refractivity contribution in [1.82, 2.24) is 0 Å². The lowest BCUT2D eigenvalue weighted by Gasteiger charge is -2.05. The largest absolute Gasteiger partial charge is 0.387 e. The molecule has 0 saturated carbocycles. The molecule has 0 fully saturated rings. The van der Waals surface area contributed by atoms with Crippen LogP contribution in [0.2, 0.25) is 0 Å². The molecule has 1 atom stereocenters. The first kappa shape index (κ1) is 10.5. The third-order valence-corrected chi connectivity index (χ3v) is 5.42. The first-order chi connectivity index (χ1) is 7.83. The second kappa shape index (κ2) is 4.30. The molecule has 1 unspecified atom stereocenters. The summed E-state index contributed by atoms with van der Waals surface area (Å²) >= 11 is 5.11. The molecular formula is C12H10OS3. The molecule has 3 aromatic rings. The van der Waals surface area contributed by atoms with Crippen molar-refractivity contribution in [1.29, 1.82) is 0 Å². The molecule has 16 heavy (non-hydrogen) atoms. The lowest BCUT2D eigenvalue weighted by Crippen LogP contribution is -1.97. The number of aliphatic hydroxyl groups is 1. The smallest absolute Gasteiger partial charge is 0.0923 e. The highest BCUT2D eigenvalue weighted by atomic mass is 32.1. The van der Waals surface area contributed by atoms with E-state index in [0.717, 1.165) is 11.3 Å². The van der Waals surface area contributed by atoms with E-state index in [2.05, 4.69) is 34.3 Å². The van der Waals surface area contributed by atoms with Crippen LogP contribution in [0.3, 0.4) is 0 Å². The second-order valence-electron chi connectivity index (χ2n) is 3.65. The van der Waals surface area contributed by atoms with E-state index in [1.807, 2.05) is 0 Å². The van der Waals surface area contributed by atoms with E-state index in [-0.39, 0.29) is 6.10 Å². The van der Waals surface area contributed by atoms with Crippen LogP contribution in [0.1, 0.15) is 16.5 Å². The van der Waals surface area contributed by atoms with Gasteiger partial charge in [-0.05, 0) is 39.9 Å². The van der Waals surface area contributed by atoms with E-state index in [9.17, 15) is 5.11 Å². The van der Waals surface area contributed by atoms with Crippen molar-refractivity contribution in [2.45, 2.75) is 12.5 Å². The van der Waals surface area contributed by atoms with Crippen molar-refractivity contribution < 1.29 is 5.11 Å². The molecule has 0 saturated heterocycles. The molecule has 4 heteroatoms. The molecule has 0 aliphatic rings. The summed E-state index contributed by atoms with van der Waals surface area (Å²) in [6.07, 6.45) is 0.358. The van der Waals surface area contributed by atoms with Crippen LogP contribution in [-0.4, -0.2) is 5.11 Å². The molecule has 0 radical (unpaired) electrons. The predicted molar refractivity (Wildman–Crippen MR) is 72.7 cm³/mol. The first-order valence-corrected chi connectivity index (χ1v) is 7.63. The maximum atomic E-state index is 10.1. The number of hydrogen-bond donors (Lipinski definition) is 1. The quantitative estimate of drug-likeness (QED) is 0.749. The summed E-state index contributed by atoms with van der Waals surface area (Å²) in [5.74, 6) is 0. The summed E-state index contributed by atoms with van der Waals surface area (Å²) < 4.78 is 2.56. The molecule has 1 N–H and O–H groups in total. The van der Waals surface area contributed by atoms with E-state index < -0.39 is 0 Å². The summed E-state index contributed by atoms with van der Waals surface area (Å²) in [6.45, 7) is 0. The van der Waals surface area contributed by atoms with Crippen LogP contribution in [0.5, 0.6) is 0 Å². The molecule has 0 amide bonds. The summed E-state index contributed by atoms with van der Waals surface area (Å²) in [6, 6.07) is 6.30. The minimum atomic E-state index is -0.362. The number of rotatable bonds is 3. The van der Waals surface area contributed by atoms with Gasteiger partial charge in [0, 0.05) is 20.7 Å². The fraction of sp³-hybridized carbons (Fsp3) is 0.167.